The molecule has 1 heterocycles. The van der Waals surface area contributed by atoms with E-state index in [4.69, 9.17) is 0 Å². The van der Waals surface area contributed by atoms with Crippen molar-refractivity contribution in [2.45, 2.75) is 39.7 Å². The number of carbonyl (C=O) groups is 2. The summed E-state index contributed by atoms with van der Waals surface area (Å²) < 4.78 is 0. The van der Waals surface area contributed by atoms with E-state index in [1.165, 1.54) is 0 Å². The van der Waals surface area contributed by atoms with Crippen molar-refractivity contribution >= 4 is 41.8 Å². The number of nitrogens with zero attached hydrogens (tertiary/aromatic N) is 2. The van der Waals surface area contributed by atoms with Crippen molar-refractivity contribution in [2.24, 2.45) is 10.9 Å². The van der Waals surface area contributed by atoms with Crippen LogP contribution in [0.25, 0.3) is 0 Å². The Bertz CT molecular complexity index is 415. The first-order chi connectivity index (χ1) is 10.5. The van der Waals surface area contributed by atoms with Crippen LogP contribution in [0.5, 0.6) is 0 Å². The molecule has 1 atom stereocenters. The third-order valence-corrected chi connectivity index (χ3v) is 3.55. The molecule has 0 aromatic heterocycles. The molecule has 3 N–H and O–H groups in total. The van der Waals surface area contributed by atoms with Gasteiger partial charge in [0.05, 0.1) is 6.54 Å². The fourth-order valence-corrected chi connectivity index (χ4v) is 2.32. The summed E-state index contributed by atoms with van der Waals surface area (Å²) in [6.07, 6.45) is 1.81. The lowest BCUT2D eigenvalue weighted by Gasteiger charge is -2.20. The maximum Gasteiger partial charge on any atom is 0.239 e. The first-order valence-electron chi connectivity index (χ1n) is 8.00. The number of hydrogen-bond donors (Lipinski definition) is 3. The van der Waals surface area contributed by atoms with Crippen molar-refractivity contribution in [1.82, 2.24) is 20.9 Å². The summed E-state index contributed by atoms with van der Waals surface area (Å²) in [5, 5.41) is 9.06. The van der Waals surface area contributed by atoms with Crippen LogP contribution in [0.4, 0.5) is 0 Å². The lowest BCUT2D eigenvalue weighted by molar-refractivity contribution is -0.133. The highest BCUT2D eigenvalue weighted by Crippen LogP contribution is 2.12. The minimum Gasteiger partial charge on any atom is -0.355 e. The van der Waals surface area contributed by atoms with Gasteiger partial charge in [0.15, 0.2) is 5.96 Å². The van der Waals surface area contributed by atoms with Crippen LogP contribution < -0.4 is 16.0 Å². The standard InChI is InChI=1S/C15H29N5O2.HI/c1-5-7-17-13(21)9-18-15(16-4)19-12-6-8-20(10-12)14(22)11(2)3;/h11-12H,5-10H2,1-4H3,(H,17,21)(H2,16,18,19);1H. The number of amides is 2. The van der Waals surface area contributed by atoms with E-state index in [1.54, 1.807) is 7.05 Å². The van der Waals surface area contributed by atoms with Crippen molar-refractivity contribution in [3.63, 3.8) is 0 Å². The van der Waals surface area contributed by atoms with Gasteiger partial charge in [0.25, 0.3) is 0 Å². The first kappa shape index (κ1) is 21.9. The summed E-state index contributed by atoms with van der Waals surface area (Å²) >= 11 is 0. The number of aliphatic imine (C=N–C) groups is 1. The van der Waals surface area contributed by atoms with Gasteiger partial charge in [-0.3, -0.25) is 14.6 Å². The predicted octanol–water partition coefficient (Wildman–Crippen LogP) is 0.553. The first-order valence-corrected chi connectivity index (χ1v) is 8.00. The van der Waals surface area contributed by atoms with Crippen LogP contribution in [-0.4, -0.2) is 61.9 Å². The van der Waals surface area contributed by atoms with Crippen molar-refractivity contribution in [1.29, 1.82) is 0 Å². The summed E-state index contributed by atoms with van der Waals surface area (Å²) in [4.78, 5) is 29.5. The molecule has 1 saturated heterocycles. The Morgan fingerprint density at radius 2 is 2.00 bits per heavy atom. The summed E-state index contributed by atoms with van der Waals surface area (Å²) in [6, 6.07) is 0.174. The zero-order chi connectivity index (χ0) is 16.5. The normalized spacial score (nSPS) is 17.7. The highest BCUT2D eigenvalue weighted by molar-refractivity contribution is 14.0. The molecule has 23 heavy (non-hydrogen) atoms. The molecule has 0 saturated carbocycles. The van der Waals surface area contributed by atoms with Crippen molar-refractivity contribution in [3.8, 4) is 0 Å². The number of hydrogen-bond acceptors (Lipinski definition) is 3. The fourth-order valence-electron chi connectivity index (χ4n) is 2.32. The van der Waals surface area contributed by atoms with Crippen molar-refractivity contribution < 1.29 is 9.59 Å². The van der Waals surface area contributed by atoms with Gasteiger partial charge in [0, 0.05) is 38.6 Å². The van der Waals surface area contributed by atoms with Gasteiger partial charge in [-0.05, 0) is 12.8 Å². The van der Waals surface area contributed by atoms with Crippen LogP contribution in [0.1, 0.15) is 33.6 Å². The molecule has 0 bridgehead atoms. The van der Waals surface area contributed by atoms with E-state index in [-0.39, 0.29) is 54.3 Å². The molecule has 0 aromatic carbocycles. The molecular weight excluding hydrogens is 409 g/mol. The van der Waals surface area contributed by atoms with E-state index in [0.29, 0.717) is 19.0 Å². The molecular formula is C15H30IN5O2. The summed E-state index contributed by atoms with van der Waals surface area (Å²) in [5.74, 6) is 0.757. The van der Waals surface area contributed by atoms with Gasteiger partial charge in [-0.15, -0.1) is 24.0 Å². The van der Waals surface area contributed by atoms with Gasteiger partial charge < -0.3 is 20.9 Å². The van der Waals surface area contributed by atoms with Crippen LogP contribution in [0.2, 0.25) is 0 Å². The van der Waals surface area contributed by atoms with Crippen LogP contribution in [0.3, 0.4) is 0 Å². The van der Waals surface area contributed by atoms with Gasteiger partial charge in [-0.2, -0.15) is 0 Å². The quantitative estimate of drug-likeness (QED) is 0.321. The van der Waals surface area contributed by atoms with Crippen LogP contribution in [0.15, 0.2) is 4.99 Å². The highest BCUT2D eigenvalue weighted by atomic mass is 127. The molecule has 2 amide bonds. The van der Waals surface area contributed by atoms with Crippen LogP contribution in [0, 0.1) is 5.92 Å². The molecule has 1 aliphatic rings. The average Bonchev–Trinajstić information content (AvgIpc) is 2.96. The van der Waals surface area contributed by atoms with E-state index in [9.17, 15) is 9.59 Å². The van der Waals surface area contributed by atoms with Gasteiger partial charge >= 0.3 is 0 Å². The van der Waals surface area contributed by atoms with Crippen LogP contribution in [-0.2, 0) is 9.59 Å². The molecule has 1 fully saturated rings. The number of carbonyl (C=O) groups excluding carboxylic acids is 2. The zero-order valence-electron chi connectivity index (χ0n) is 14.5. The monoisotopic (exact) mass is 439 g/mol. The second-order valence-electron chi connectivity index (χ2n) is 5.84. The Hall–Kier alpha value is -1.06. The molecule has 1 rings (SSSR count). The van der Waals surface area contributed by atoms with Gasteiger partial charge in [-0.1, -0.05) is 20.8 Å². The lowest BCUT2D eigenvalue weighted by Crippen LogP contribution is -2.48. The van der Waals surface area contributed by atoms with Gasteiger partial charge in [0.1, 0.15) is 0 Å². The number of halogens is 1. The smallest absolute Gasteiger partial charge is 0.239 e. The number of guanidine groups is 1. The van der Waals surface area contributed by atoms with E-state index >= 15 is 0 Å². The number of rotatable bonds is 6. The Kier molecular flexibility index (Phi) is 10.9. The fraction of sp³-hybridized carbons (Fsp3) is 0.800. The third-order valence-electron chi connectivity index (χ3n) is 3.55. The second-order valence-corrected chi connectivity index (χ2v) is 5.84. The molecule has 0 radical (unpaired) electrons. The average molecular weight is 439 g/mol. The minimum absolute atomic E-state index is 0. The van der Waals surface area contributed by atoms with E-state index < -0.39 is 0 Å². The van der Waals surface area contributed by atoms with Gasteiger partial charge in [-0.25, -0.2) is 0 Å². The SMILES string of the molecule is CCCNC(=O)CNC(=NC)NC1CCN(C(=O)C(C)C)C1.I. The summed E-state index contributed by atoms with van der Waals surface area (Å²) in [6.45, 7) is 8.17. The maximum absolute atomic E-state index is 12.0. The highest BCUT2D eigenvalue weighted by Gasteiger charge is 2.27. The second kappa shape index (κ2) is 11.5. The van der Waals surface area contributed by atoms with E-state index in [0.717, 1.165) is 19.4 Å². The molecule has 0 spiro atoms. The van der Waals surface area contributed by atoms with E-state index in [2.05, 4.69) is 20.9 Å². The molecule has 7 nitrogen and oxygen atoms in total. The topological polar surface area (TPSA) is 85.8 Å². The molecule has 134 valence electrons. The molecule has 0 aliphatic carbocycles. The van der Waals surface area contributed by atoms with E-state index in [1.807, 2.05) is 25.7 Å². The maximum atomic E-state index is 12.0. The molecule has 0 aromatic rings. The van der Waals surface area contributed by atoms with Crippen molar-refractivity contribution in [3.05, 3.63) is 0 Å². The Morgan fingerprint density at radius 3 is 2.57 bits per heavy atom. The van der Waals surface area contributed by atoms with Crippen LogP contribution >= 0.6 is 24.0 Å². The Balaban J connectivity index is 0.00000484. The Labute approximate surface area is 156 Å². The minimum atomic E-state index is -0.0483. The zero-order valence-corrected chi connectivity index (χ0v) is 16.8. The molecule has 1 aliphatic heterocycles. The largest absolute Gasteiger partial charge is 0.355 e. The Morgan fingerprint density at radius 1 is 1.30 bits per heavy atom. The number of nitrogens with one attached hydrogen (secondary N) is 3. The molecule has 1 unspecified atom stereocenters. The summed E-state index contributed by atoms with van der Waals surface area (Å²) in [7, 11) is 1.67. The predicted molar refractivity (Wildman–Crippen MR) is 103 cm³/mol. The lowest BCUT2D eigenvalue weighted by atomic mass is 10.2. The third kappa shape index (κ3) is 7.85. The van der Waals surface area contributed by atoms with Gasteiger partial charge in [0.2, 0.25) is 11.8 Å². The summed E-state index contributed by atoms with van der Waals surface area (Å²) in [5.41, 5.74) is 0. The number of likely N-dealkylation sites (tertiary alicyclic amines) is 1. The van der Waals surface area contributed by atoms with Crippen molar-refractivity contribution in [2.75, 3.05) is 33.2 Å². The molecule has 8 heteroatoms.